The Balaban J connectivity index is 1.62. The second-order valence-electron chi connectivity index (χ2n) is 10.0. The van der Waals surface area contributed by atoms with Crippen molar-refractivity contribution in [3.63, 3.8) is 0 Å². The molecule has 1 fully saturated rings. The molecule has 0 amide bonds. The molecule has 0 bridgehead atoms. The van der Waals surface area contributed by atoms with Crippen LogP contribution < -0.4 is 0 Å². The van der Waals surface area contributed by atoms with Gasteiger partial charge in [-0.1, -0.05) is 100 Å². The monoisotopic (exact) mass is 486 g/mol. The fourth-order valence-corrected chi connectivity index (χ4v) is 5.95. The Morgan fingerprint density at radius 2 is 1.54 bits per heavy atom. The molecule has 2 unspecified atom stereocenters. The van der Waals surface area contributed by atoms with E-state index in [1.807, 2.05) is 48.5 Å². The minimum Gasteiger partial charge on any atom is -0.453 e. The molecule has 4 rings (SSSR count). The number of hydrogen-bond donors (Lipinski definition) is 0. The molecule has 0 N–H and O–H groups in total. The first-order valence-electron chi connectivity index (χ1n) is 12.4. The molecule has 0 spiro atoms. The smallest absolute Gasteiger partial charge is 0.327 e. The number of carbonyl (C=O) groups is 2. The molecule has 0 saturated carbocycles. The van der Waals surface area contributed by atoms with Crippen molar-refractivity contribution in [3.05, 3.63) is 101 Å². The average molecular weight is 487 g/mol. The van der Waals surface area contributed by atoms with Crippen molar-refractivity contribution in [2.45, 2.75) is 74.5 Å². The van der Waals surface area contributed by atoms with Gasteiger partial charge in [-0.25, -0.2) is 0 Å². The van der Waals surface area contributed by atoms with E-state index in [0.717, 1.165) is 28.0 Å². The lowest BCUT2D eigenvalue weighted by molar-refractivity contribution is -0.171. The normalized spacial score (nSPS) is 20.3. The first kappa shape index (κ1) is 25.2. The van der Waals surface area contributed by atoms with Crippen LogP contribution in [0.25, 0.3) is 0 Å². The lowest BCUT2D eigenvalue weighted by Gasteiger charge is -2.39. The summed E-state index contributed by atoms with van der Waals surface area (Å²) < 4.78 is 6.23. The van der Waals surface area contributed by atoms with Gasteiger partial charge in [0.1, 0.15) is 5.60 Å². The molecule has 0 aliphatic carbocycles. The summed E-state index contributed by atoms with van der Waals surface area (Å²) in [5, 5.41) is -0.844. The van der Waals surface area contributed by atoms with Gasteiger partial charge in [0.05, 0.1) is 6.42 Å². The van der Waals surface area contributed by atoms with E-state index in [2.05, 4.69) is 58.0 Å². The minimum absolute atomic E-state index is 0.0622. The highest BCUT2D eigenvalue weighted by atomic mass is 32.2. The summed E-state index contributed by atoms with van der Waals surface area (Å²) in [5.41, 5.74) is 3.46. The Bertz CT molecular complexity index is 1150. The summed E-state index contributed by atoms with van der Waals surface area (Å²) in [6.45, 7) is 8.58. The fraction of sp³-hybridized carbons (Fsp3) is 0.355. The quantitative estimate of drug-likeness (QED) is 0.245. The highest BCUT2D eigenvalue weighted by Gasteiger charge is 2.48. The van der Waals surface area contributed by atoms with Gasteiger partial charge >= 0.3 is 5.97 Å². The molecule has 1 heterocycles. The zero-order valence-corrected chi connectivity index (χ0v) is 21.8. The molecule has 1 aliphatic rings. The molecule has 35 heavy (non-hydrogen) atoms. The van der Waals surface area contributed by atoms with E-state index >= 15 is 0 Å². The van der Waals surface area contributed by atoms with E-state index in [1.165, 1.54) is 17.3 Å². The van der Waals surface area contributed by atoms with Crippen molar-refractivity contribution >= 4 is 23.5 Å². The number of carbonyl (C=O) groups excluding carboxylic acids is 2. The van der Waals surface area contributed by atoms with Gasteiger partial charge < -0.3 is 4.74 Å². The van der Waals surface area contributed by atoms with Crippen LogP contribution in [-0.4, -0.2) is 17.0 Å². The molecule has 3 nitrogen and oxygen atoms in total. The molecule has 1 aliphatic heterocycles. The van der Waals surface area contributed by atoms with Crippen LogP contribution in [0.4, 0.5) is 0 Å². The highest BCUT2D eigenvalue weighted by Crippen LogP contribution is 2.43. The number of thioether (sulfide) groups is 1. The highest BCUT2D eigenvalue weighted by molar-refractivity contribution is 8.01. The molecule has 182 valence electrons. The van der Waals surface area contributed by atoms with E-state index < -0.39 is 16.8 Å². The molecule has 1 saturated heterocycles. The van der Waals surface area contributed by atoms with Gasteiger partial charge in [-0.3, -0.25) is 9.59 Å². The molecular formula is C31H34O3S. The van der Waals surface area contributed by atoms with Crippen LogP contribution in [0, 0.1) is 0 Å². The Kier molecular flexibility index (Phi) is 7.81. The van der Waals surface area contributed by atoms with Crippen LogP contribution in [0.15, 0.2) is 83.8 Å². The van der Waals surface area contributed by atoms with Gasteiger partial charge in [0.25, 0.3) is 0 Å². The van der Waals surface area contributed by atoms with Crippen molar-refractivity contribution in [2.75, 3.05) is 0 Å². The van der Waals surface area contributed by atoms with Crippen LogP contribution in [0.1, 0.15) is 74.6 Å². The third-order valence-corrected chi connectivity index (χ3v) is 8.09. The predicted octanol–water partition coefficient (Wildman–Crippen LogP) is 7.44. The first-order valence-corrected chi connectivity index (χ1v) is 13.3. The van der Waals surface area contributed by atoms with E-state index in [4.69, 9.17) is 4.74 Å². The van der Waals surface area contributed by atoms with E-state index in [1.54, 1.807) is 0 Å². The SMILES string of the molecule is CC(C)c1ccc(C(C)C)c(SC2C(=O)CC(CCc3ccccc3)(c3ccccc3)OC2=O)c1. The predicted molar refractivity (Wildman–Crippen MR) is 143 cm³/mol. The van der Waals surface area contributed by atoms with Crippen molar-refractivity contribution < 1.29 is 14.3 Å². The maximum Gasteiger partial charge on any atom is 0.327 e. The van der Waals surface area contributed by atoms with Crippen molar-refractivity contribution in [1.29, 1.82) is 0 Å². The lowest BCUT2D eigenvalue weighted by Crippen LogP contribution is -2.47. The first-order chi connectivity index (χ1) is 16.8. The molecule has 2 atom stereocenters. The zero-order chi connectivity index (χ0) is 25.0. The zero-order valence-electron chi connectivity index (χ0n) is 21.0. The number of esters is 1. The number of aryl methyl sites for hydroxylation is 1. The van der Waals surface area contributed by atoms with Crippen LogP contribution >= 0.6 is 11.8 Å². The molecular weight excluding hydrogens is 452 g/mol. The molecule has 4 heteroatoms. The average Bonchev–Trinajstić information content (AvgIpc) is 2.86. The molecule has 3 aromatic carbocycles. The molecule has 0 radical (unpaired) electrons. The third-order valence-electron chi connectivity index (χ3n) is 6.79. The van der Waals surface area contributed by atoms with Gasteiger partial charge in [0.15, 0.2) is 11.0 Å². The number of rotatable bonds is 8. The number of benzene rings is 3. The summed E-state index contributed by atoms with van der Waals surface area (Å²) in [4.78, 5) is 28.0. The van der Waals surface area contributed by atoms with Gasteiger partial charge in [0.2, 0.25) is 0 Å². The van der Waals surface area contributed by atoms with Crippen molar-refractivity contribution in [2.24, 2.45) is 0 Å². The minimum atomic E-state index is -0.941. The van der Waals surface area contributed by atoms with Gasteiger partial charge in [0, 0.05) is 4.90 Å². The van der Waals surface area contributed by atoms with E-state index in [0.29, 0.717) is 18.3 Å². The van der Waals surface area contributed by atoms with Crippen LogP contribution in [0.3, 0.4) is 0 Å². The van der Waals surface area contributed by atoms with Gasteiger partial charge in [-0.15, -0.1) is 11.8 Å². The second-order valence-corrected chi connectivity index (χ2v) is 11.2. The summed E-state index contributed by atoms with van der Waals surface area (Å²) >= 11 is 1.35. The maximum atomic E-state index is 13.6. The Morgan fingerprint density at radius 3 is 2.14 bits per heavy atom. The van der Waals surface area contributed by atoms with Crippen LogP contribution in [-0.2, 0) is 26.3 Å². The maximum absolute atomic E-state index is 13.6. The number of hydrogen-bond acceptors (Lipinski definition) is 4. The van der Waals surface area contributed by atoms with E-state index in [9.17, 15) is 9.59 Å². The van der Waals surface area contributed by atoms with E-state index in [-0.39, 0.29) is 12.2 Å². The van der Waals surface area contributed by atoms with Crippen LogP contribution in [0.5, 0.6) is 0 Å². The third kappa shape index (κ3) is 5.70. The number of Topliss-reactive ketones (excluding diaryl/α,β-unsaturated/α-hetero) is 1. The van der Waals surface area contributed by atoms with Crippen LogP contribution in [0.2, 0.25) is 0 Å². The summed E-state index contributed by atoms with van der Waals surface area (Å²) in [5.74, 6) is 0.164. The molecule has 0 aromatic heterocycles. The summed E-state index contributed by atoms with van der Waals surface area (Å²) in [6.07, 6.45) is 1.48. The number of ketones is 1. The Labute approximate surface area is 213 Å². The fourth-order valence-electron chi connectivity index (χ4n) is 4.70. The summed E-state index contributed by atoms with van der Waals surface area (Å²) in [7, 11) is 0. The Hall–Kier alpha value is -2.85. The van der Waals surface area contributed by atoms with Gasteiger partial charge in [-0.05, 0) is 53.0 Å². The topological polar surface area (TPSA) is 43.4 Å². The number of cyclic esters (lactones) is 1. The van der Waals surface area contributed by atoms with Gasteiger partial charge in [-0.2, -0.15) is 0 Å². The summed E-state index contributed by atoms with van der Waals surface area (Å²) in [6, 6.07) is 26.3. The lowest BCUT2D eigenvalue weighted by atomic mass is 9.81. The standard InChI is InChI=1S/C31H34O3S/c1-21(2)24-15-16-26(22(3)4)28(19-24)35-29-27(32)20-31(34-30(29)33,25-13-9-6-10-14-25)18-17-23-11-7-5-8-12-23/h5-16,19,21-22,29H,17-18,20H2,1-4H3. The largest absolute Gasteiger partial charge is 0.453 e. The number of ether oxygens (including phenoxy) is 1. The van der Waals surface area contributed by atoms with Crippen molar-refractivity contribution in [3.8, 4) is 0 Å². The molecule has 3 aromatic rings. The van der Waals surface area contributed by atoms with Crippen molar-refractivity contribution in [1.82, 2.24) is 0 Å². The Morgan fingerprint density at radius 1 is 0.886 bits per heavy atom. The second kappa shape index (κ2) is 10.8.